The third kappa shape index (κ3) is 3.46. The SMILES string of the molecule is CCOC(=O)C1(NC(=O)CN2C(=O)NC(C)(c3ccccc3)C2=O)CCCC1. The molecule has 4 amide bonds. The Labute approximate surface area is 163 Å². The second-order valence-electron chi connectivity index (χ2n) is 7.37. The first kappa shape index (κ1) is 19.9. The lowest BCUT2D eigenvalue weighted by atomic mass is 9.92. The van der Waals surface area contributed by atoms with Gasteiger partial charge in [-0.05, 0) is 32.3 Å². The summed E-state index contributed by atoms with van der Waals surface area (Å²) in [7, 11) is 0. The fraction of sp³-hybridized carbons (Fsp3) is 0.500. The summed E-state index contributed by atoms with van der Waals surface area (Å²) in [6, 6.07) is 8.22. The third-order valence-electron chi connectivity index (χ3n) is 5.43. The molecule has 2 fully saturated rings. The number of esters is 1. The van der Waals surface area contributed by atoms with Crippen LogP contribution in [-0.4, -0.2) is 47.4 Å². The van der Waals surface area contributed by atoms with Crippen LogP contribution in [0.1, 0.15) is 45.1 Å². The van der Waals surface area contributed by atoms with E-state index in [1.54, 1.807) is 38.1 Å². The normalized spacial score (nSPS) is 23.4. The number of amides is 4. The molecule has 8 nitrogen and oxygen atoms in total. The van der Waals surface area contributed by atoms with Crippen molar-refractivity contribution in [2.75, 3.05) is 13.2 Å². The Bertz CT molecular complexity index is 788. The summed E-state index contributed by atoms with van der Waals surface area (Å²) in [5.74, 6) is -1.53. The molecular weight excluding hydrogens is 362 g/mol. The van der Waals surface area contributed by atoms with Crippen LogP contribution in [0.5, 0.6) is 0 Å². The van der Waals surface area contributed by atoms with Gasteiger partial charge in [-0.15, -0.1) is 0 Å². The highest BCUT2D eigenvalue weighted by atomic mass is 16.5. The number of nitrogens with zero attached hydrogens (tertiary/aromatic N) is 1. The molecule has 1 aromatic rings. The third-order valence-corrected chi connectivity index (χ3v) is 5.43. The summed E-state index contributed by atoms with van der Waals surface area (Å²) in [5, 5.41) is 5.39. The maximum atomic E-state index is 12.9. The molecule has 1 atom stereocenters. The van der Waals surface area contributed by atoms with Gasteiger partial charge in [0.1, 0.15) is 17.6 Å². The van der Waals surface area contributed by atoms with Gasteiger partial charge in [0.05, 0.1) is 6.61 Å². The number of nitrogens with one attached hydrogen (secondary N) is 2. The topological polar surface area (TPSA) is 105 Å². The maximum absolute atomic E-state index is 12.9. The molecule has 1 unspecified atom stereocenters. The Kier molecular flexibility index (Phi) is 5.40. The molecule has 150 valence electrons. The van der Waals surface area contributed by atoms with Crippen molar-refractivity contribution in [2.24, 2.45) is 0 Å². The smallest absolute Gasteiger partial charge is 0.331 e. The van der Waals surface area contributed by atoms with Crippen molar-refractivity contribution in [1.82, 2.24) is 15.5 Å². The van der Waals surface area contributed by atoms with E-state index in [2.05, 4.69) is 10.6 Å². The van der Waals surface area contributed by atoms with Gasteiger partial charge in [-0.25, -0.2) is 9.59 Å². The van der Waals surface area contributed by atoms with Crippen LogP contribution in [0.2, 0.25) is 0 Å². The predicted octanol–water partition coefficient (Wildman–Crippen LogP) is 1.45. The van der Waals surface area contributed by atoms with Gasteiger partial charge in [0.25, 0.3) is 5.91 Å². The van der Waals surface area contributed by atoms with E-state index in [0.717, 1.165) is 17.7 Å². The van der Waals surface area contributed by atoms with E-state index in [0.29, 0.717) is 18.4 Å². The minimum absolute atomic E-state index is 0.221. The van der Waals surface area contributed by atoms with Gasteiger partial charge in [-0.2, -0.15) is 0 Å². The number of ether oxygens (including phenoxy) is 1. The van der Waals surface area contributed by atoms with Gasteiger partial charge in [0, 0.05) is 0 Å². The number of hydrogen-bond acceptors (Lipinski definition) is 5. The van der Waals surface area contributed by atoms with Gasteiger partial charge in [-0.3, -0.25) is 14.5 Å². The summed E-state index contributed by atoms with van der Waals surface area (Å²) in [6.07, 6.45) is 2.57. The number of rotatable bonds is 6. The zero-order valence-corrected chi connectivity index (χ0v) is 16.1. The standard InChI is InChI=1S/C20H25N3O5/c1-3-28-17(26)20(11-7-8-12-20)21-15(24)13-23-16(25)19(2,22-18(23)27)14-9-5-4-6-10-14/h4-6,9-10H,3,7-8,11-13H2,1-2H3,(H,21,24)(H,22,27). The zero-order valence-electron chi connectivity index (χ0n) is 16.1. The van der Waals surface area contributed by atoms with E-state index in [-0.39, 0.29) is 6.61 Å². The summed E-state index contributed by atoms with van der Waals surface area (Å²) in [4.78, 5) is 51.1. The average Bonchev–Trinajstić information content (AvgIpc) is 3.23. The minimum atomic E-state index is -1.23. The highest BCUT2D eigenvalue weighted by molar-refractivity contribution is 6.09. The van der Waals surface area contributed by atoms with Gasteiger partial charge in [0.15, 0.2) is 0 Å². The minimum Gasteiger partial charge on any atom is -0.464 e. The molecule has 0 spiro atoms. The molecule has 0 bridgehead atoms. The lowest BCUT2D eigenvalue weighted by Crippen LogP contribution is -2.56. The van der Waals surface area contributed by atoms with Crippen molar-refractivity contribution in [2.45, 2.75) is 50.6 Å². The van der Waals surface area contributed by atoms with Crippen LogP contribution in [0.4, 0.5) is 4.79 Å². The van der Waals surface area contributed by atoms with E-state index in [9.17, 15) is 19.2 Å². The Hall–Kier alpha value is -2.90. The molecule has 2 N–H and O–H groups in total. The van der Waals surface area contributed by atoms with E-state index in [4.69, 9.17) is 4.74 Å². The number of hydrogen-bond donors (Lipinski definition) is 2. The Balaban J connectivity index is 1.72. The molecule has 8 heteroatoms. The van der Waals surface area contributed by atoms with Crippen LogP contribution in [-0.2, 0) is 24.7 Å². The van der Waals surface area contributed by atoms with Crippen molar-refractivity contribution < 1.29 is 23.9 Å². The zero-order chi connectivity index (χ0) is 20.4. The van der Waals surface area contributed by atoms with E-state index >= 15 is 0 Å². The highest BCUT2D eigenvalue weighted by Gasteiger charge is 2.50. The first-order valence-corrected chi connectivity index (χ1v) is 9.50. The monoisotopic (exact) mass is 387 g/mol. The second kappa shape index (κ2) is 7.61. The van der Waals surface area contributed by atoms with Crippen molar-refractivity contribution in [3.63, 3.8) is 0 Å². The number of benzene rings is 1. The quantitative estimate of drug-likeness (QED) is 0.568. The fourth-order valence-electron chi connectivity index (χ4n) is 3.89. The molecular formula is C20H25N3O5. The molecule has 28 heavy (non-hydrogen) atoms. The first-order valence-electron chi connectivity index (χ1n) is 9.50. The lowest BCUT2D eigenvalue weighted by Gasteiger charge is -2.28. The van der Waals surface area contributed by atoms with Crippen LogP contribution >= 0.6 is 0 Å². The van der Waals surface area contributed by atoms with E-state index < -0.39 is 41.4 Å². The Morgan fingerprint density at radius 1 is 1.18 bits per heavy atom. The molecule has 3 rings (SSSR count). The molecule has 1 aliphatic heterocycles. The van der Waals surface area contributed by atoms with Crippen molar-refractivity contribution in [1.29, 1.82) is 0 Å². The molecule has 2 aliphatic rings. The largest absolute Gasteiger partial charge is 0.464 e. The predicted molar refractivity (Wildman–Crippen MR) is 100 cm³/mol. The summed E-state index contributed by atoms with van der Waals surface area (Å²) >= 11 is 0. The maximum Gasteiger partial charge on any atom is 0.331 e. The van der Waals surface area contributed by atoms with Gasteiger partial charge >= 0.3 is 12.0 Å². The van der Waals surface area contributed by atoms with Crippen LogP contribution < -0.4 is 10.6 Å². The second-order valence-corrected chi connectivity index (χ2v) is 7.37. The van der Waals surface area contributed by atoms with Crippen molar-refractivity contribution in [3.8, 4) is 0 Å². The van der Waals surface area contributed by atoms with Crippen LogP contribution in [0, 0.1) is 0 Å². The molecule has 0 radical (unpaired) electrons. The van der Waals surface area contributed by atoms with Crippen LogP contribution in [0.15, 0.2) is 30.3 Å². The number of imide groups is 1. The van der Waals surface area contributed by atoms with E-state index in [1.165, 1.54) is 0 Å². The van der Waals surface area contributed by atoms with Crippen molar-refractivity contribution >= 4 is 23.8 Å². The van der Waals surface area contributed by atoms with Gasteiger partial charge < -0.3 is 15.4 Å². The van der Waals surface area contributed by atoms with Gasteiger partial charge in [-0.1, -0.05) is 43.2 Å². The molecule has 1 heterocycles. The number of urea groups is 1. The molecule has 1 saturated carbocycles. The summed E-state index contributed by atoms with van der Waals surface area (Å²) < 4.78 is 5.12. The van der Waals surface area contributed by atoms with Crippen LogP contribution in [0.3, 0.4) is 0 Å². The number of carbonyl (C=O) groups excluding carboxylic acids is 4. The van der Waals surface area contributed by atoms with Crippen LogP contribution in [0.25, 0.3) is 0 Å². The van der Waals surface area contributed by atoms with E-state index in [1.807, 2.05) is 6.07 Å². The lowest BCUT2D eigenvalue weighted by molar-refractivity contribution is -0.153. The summed E-state index contributed by atoms with van der Waals surface area (Å²) in [5.41, 5.74) is -1.67. The molecule has 1 aliphatic carbocycles. The Morgan fingerprint density at radius 3 is 2.43 bits per heavy atom. The van der Waals surface area contributed by atoms with Gasteiger partial charge in [0.2, 0.25) is 5.91 Å². The highest BCUT2D eigenvalue weighted by Crippen LogP contribution is 2.32. The summed E-state index contributed by atoms with van der Waals surface area (Å²) in [6.45, 7) is 3.09. The molecule has 1 saturated heterocycles. The van der Waals surface area contributed by atoms with Crippen molar-refractivity contribution in [3.05, 3.63) is 35.9 Å². The average molecular weight is 387 g/mol. The number of carbonyl (C=O) groups is 4. The fourth-order valence-corrected chi connectivity index (χ4v) is 3.89. The first-order chi connectivity index (χ1) is 13.3. The Morgan fingerprint density at radius 2 is 1.82 bits per heavy atom. The molecule has 0 aromatic heterocycles. The molecule has 1 aromatic carbocycles.